The van der Waals surface area contributed by atoms with E-state index in [9.17, 15) is 9.18 Å². The summed E-state index contributed by atoms with van der Waals surface area (Å²) in [6.45, 7) is 5.17. The summed E-state index contributed by atoms with van der Waals surface area (Å²) in [5.41, 5.74) is 6.90. The normalized spacial score (nSPS) is 15.2. The summed E-state index contributed by atoms with van der Waals surface area (Å²) >= 11 is 0. The molecule has 1 amide bonds. The molecule has 132 valence electrons. The minimum absolute atomic E-state index is 0.257. The Kier molecular flexibility index (Phi) is 5.50. The highest BCUT2D eigenvalue weighted by molar-refractivity contribution is 5.93. The SMILES string of the molecule is NC(=O)c1ccc(N2CCN(CCOc3ccc(F)cc3)CC2)cc1. The average molecular weight is 343 g/mol. The van der Waals surface area contributed by atoms with Crippen LogP contribution in [0.4, 0.5) is 10.1 Å². The van der Waals surface area contributed by atoms with Gasteiger partial charge in [0.05, 0.1) is 0 Å². The number of anilines is 1. The molecule has 25 heavy (non-hydrogen) atoms. The van der Waals surface area contributed by atoms with Crippen molar-refractivity contribution in [2.75, 3.05) is 44.2 Å². The summed E-state index contributed by atoms with van der Waals surface area (Å²) in [6.07, 6.45) is 0. The van der Waals surface area contributed by atoms with Gasteiger partial charge in [-0.15, -0.1) is 0 Å². The highest BCUT2D eigenvalue weighted by atomic mass is 19.1. The number of nitrogens with zero attached hydrogens (tertiary/aromatic N) is 2. The molecule has 0 radical (unpaired) electrons. The predicted molar refractivity (Wildman–Crippen MR) is 95.5 cm³/mol. The lowest BCUT2D eigenvalue weighted by Crippen LogP contribution is -2.47. The van der Waals surface area contributed by atoms with Crippen molar-refractivity contribution in [3.8, 4) is 5.75 Å². The number of halogens is 1. The molecule has 1 fully saturated rings. The molecule has 0 saturated carbocycles. The number of hydrogen-bond acceptors (Lipinski definition) is 4. The van der Waals surface area contributed by atoms with E-state index in [0.717, 1.165) is 38.4 Å². The van der Waals surface area contributed by atoms with Gasteiger partial charge in [0.1, 0.15) is 18.2 Å². The quantitative estimate of drug-likeness (QED) is 0.873. The van der Waals surface area contributed by atoms with Gasteiger partial charge < -0.3 is 15.4 Å². The van der Waals surface area contributed by atoms with Crippen LogP contribution >= 0.6 is 0 Å². The van der Waals surface area contributed by atoms with Crippen molar-refractivity contribution in [1.29, 1.82) is 0 Å². The standard InChI is InChI=1S/C19H22FN3O2/c20-16-3-7-18(8-4-16)25-14-13-22-9-11-23(12-10-22)17-5-1-15(2-6-17)19(21)24/h1-8H,9-14H2,(H2,21,24). The van der Waals surface area contributed by atoms with Crippen LogP contribution in [0.1, 0.15) is 10.4 Å². The van der Waals surface area contributed by atoms with E-state index in [1.54, 1.807) is 24.3 Å². The number of ether oxygens (including phenoxy) is 1. The van der Waals surface area contributed by atoms with Crippen LogP contribution in [0.3, 0.4) is 0 Å². The molecule has 2 aromatic rings. The number of piperazine rings is 1. The number of nitrogens with two attached hydrogens (primary N) is 1. The molecule has 2 N–H and O–H groups in total. The Balaban J connectivity index is 1.42. The molecule has 0 spiro atoms. The van der Waals surface area contributed by atoms with Crippen LogP contribution in [-0.4, -0.2) is 50.1 Å². The summed E-state index contributed by atoms with van der Waals surface area (Å²) in [4.78, 5) is 15.8. The van der Waals surface area contributed by atoms with Crippen molar-refractivity contribution in [2.45, 2.75) is 0 Å². The minimum atomic E-state index is -0.405. The van der Waals surface area contributed by atoms with E-state index in [2.05, 4.69) is 9.80 Å². The third kappa shape index (κ3) is 4.70. The molecule has 1 aliphatic rings. The highest BCUT2D eigenvalue weighted by Gasteiger charge is 2.17. The van der Waals surface area contributed by atoms with Crippen LogP contribution < -0.4 is 15.4 Å². The lowest BCUT2D eigenvalue weighted by atomic mass is 10.1. The number of primary amides is 1. The zero-order chi connectivity index (χ0) is 17.6. The van der Waals surface area contributed by atoms with Gasteiger partial charge in [-0.25, -0.2) is 4.39 Å². The van der Waals surface area contributed by atoms with Gasteiger partial charge in [-0.3, -0.25) is 9.69 Å². The van der Waals surface area contributed by atoms with Gasteiger partial charge in [0, 0.05) is 44.0 Å². The van der Waals surface area contributed by atoms with Gasteiger partial charge in [0.2, 0.25) is 5.91 Å². The molecule has 2 aromatic carbocycles. The number of hydrogen-bond donors (Lipinski definition) is 1. The Bertz CT molecular complexity index is 696. The molecule has 0 bridgehead atoms. The Morgan fingerprint density at radius 1 is 1.00 bits per heavy atom. The maximum Gasteiger partial charge on any atom is 0.248 e. The first kappa shape index (κ1) is 17.2. The number of carbonyl (C=O) groups excluding carboxylic acids is 1. The third-order valence-electron chi connectivity index (χ3n) is 4.38. The van der Waals surface area contributed by atoms with Gasteiger partial charge in [-0.05, 0) is 48.5 Å². The second-order valence-corrected chi connectivity index (χ2v) is 6.04. The Morgan fingerprint density at radius 2 is 1.64 bits per heavy atom. The lowest BCUT2D eigenvalue weighted by molar-refractivity contribution is 0.100. The molecular weight excluding hydrogens is 321 g/mol. The molecule has 5 nitrogen and oxygen atoms in total. The summed E-state index contributed by atoms with van der Waals surface area (Å²) < 4.78 is 18.5. The molecule has 0 aromatic heterocycles. The van der Waals surface area contributed by atoms with Crippen molar-refractivity contribution >= 4 is 11.6 Å². The molecule has 0 unspecified atom stereocenters. The van der Waals surface area contributed by atoms with Crippen molar-refractivity contribution < 1.29 is 13.9 Å². The Hall–Kier alpha value is -2.60. The number of benzene rings is 2. The van der Waals surface area contributed by atoms with Gasteiger partial charge >= 0.3 is 0 Å². The van der Waals surface area contributed by atoms with E-state index in [1.807, 2.05) is 12.1 Å². The fourth-order valence-corrected chi connectivity index (χ4v) is 2.89. The van der Waals surface area contributed by atoms with Crippen molar-refractivity contribution in [2.24, 2.45) is 5.73 Å². The number of rotatable bonds is 6. The first-order valence-corrected chi connectivity index (χ1v) is 8.37. The smallest absolute Gasteiger partial charge is 0.248 e. The van der Waals surface area contributed by atoms with Crippen molar-refractivity contribution in [1.82, 2.24) is 4.90 Å². The monoisotopic (exact) mass is 343 g/mol. The minimum Gasteiger partial charge on any atom is -0.492 e. The van der Waals surface area contributed by atoms with Gasteiger partial charge in [-0.2, -0.15) is 0 Å². The van der Waals surface area contributed by atoms with E-state index in [1.165, 1.54) is 12.1 Å². The maximum absolute atomic E-state index is 12.8. The summed E-state index contributed by atoms with van der Waals surface area (Å²) in [5, 5.41) is 0. The van der Waals surface area contributed by atoms with Crippen LogP contribution in [0.25, 0.3) is 0 Å². The molecule has 3 rings (SSSR count). The van der Waals surface area contributed by atoms with Crippen LogP contribution in [0, 0.1) is 5.82 Å². The highest BCUT2D eigenvalue weighted by Crippen LogP contribution is 2.17. The van der Waals surface area contributed by atoms with Crippen LogP contribution in [0.15, 0.2) is 48.5 Å². The van der Waals surface area contributed by atoms with Gasteiger partial charge in [0.25, 0.3) is 0 Å². The second-order valence-electron chi connectivity index (χ2n) is 6.04. The molecule has 6 heteroatoms. The van der Waals surface area contributed by atoms with Crippen LogP contribution in [0.2, 0.25) is 0 Å². The first-order chi connectivity index (χ1) is 12.1. The maximum atomic E-state index is 12.8. The van der Waals surface area contributed by atoms with Crippen molar-refractivity contribution in [3.05, 3.63) is 59.9 Å². The molecule has 0 atom stereocenters. The fourth-order valence-electron chi connectivity index (χ4n) is 2.89. The van der Waals surface area contributed by atoms with E-state index >= 15 is 0 Å². The van der Waals surface area contributed by atoms with Crippen molar-refractivity contribution in [3.63, 3.8) is 0 Å². The zero-order valence-electron chi connectivity index (χ0n) is 14.0. The Morgan fingerprint density at radius 3 is 2.24 bits per heavy atom. The first-order valence-electron chi connectivity index (χ1n) is 8.37. The van der Waals surface area contributed by atoms with E-state index in [4.69, 9.17) is 10.5 Å². The van der Waals surface area contributed by atoms with Gasteiger partial charge in [0.15, 0.2) is 0 Å². The van der Waals surface area contributed by atoms with E-state index in [0.29, 0.717) is 17.9 Å². The van der Waals surface area contributed by atoms with Crippen LogP contribution in [0.5, 0.6) is 5.75 Å². The summed E-state index contributed by atoms with van der Waals surface area (Å²) in [5.74, 6) is 0.0273. The van der Waals surface area contributed by atoms with E-state index < -0.39 is 5.91 Å². The molecular formula is C19H22FN3O2. The fraction of sp³-hybridized carbons (Fsp3) is 0.316. The predicted octanol–water partition coefficient (Wildman–Crippen LogP) is 2.13. The third-order valence-corrected chi connectivity index (χ3v) is 4.38. The molecule has 1 heterocycles. The second kappa shape index (κ2) is 7.98. The largest absolute Gasteiger partial charge is 0.492 e. The summed E-state index contributed by atoms with van der Waals surface area (Å²) in [7, 11) is 0. The number of amides is 1. The van der Waals surface area contributed by atoms with E-state index in [-0.39, 0.29) is 5.82 Å². The van der Waals surface area contributed by atoms with Crippen LogP contribution in [-0.2, 0) is 0 Å². The average Bonchev–Trinajstić information content (AvgIpc) is 2.64. The Labute approximate surface area is 146 Å². The molecule has 1 aliphatic heterocycles. The molecule has 0 aliphatic carbocycles. The lowest BCUT2D eigenvalue weighted by Gasteiger charge is -2.36. The number of carbonyl (C=O) groups is 1. The summed E-state index contributed by atoms with van der Waals surface area (Å²) in [6, 6.07) is 13.5. The molecule has 1 saturated heterocycles. The van der Waals surface area contributed by atoms with Gasteiger partial charge in [-0.1, -0.05) is 0 Å². The topological polar surface area (TPSA) is 58.8 Å². The zero-order valence-corrected chi connectivity index (χ0v) is 14.0.